The first-order valence-electron chi connectivity index (χ1n) is 6.95. The maximum absolute atomic E-state index is 11.3. The Bertz CT molecular complexity index is 300. The number of hydrogen-bond donors (Lipinski definition) is 1. The van der Waals surface area contributed by atoms with E-state index in [2.05, 4.69) is 4.74 Å². The summed E-state index contributed by atoms with van der Waals surface area (Å²) in [5, 5.41) is 8.51. The Morgan fingerprint density at radius 2 is 1.45 bits per heavy atom. The Balaban J connectivity index is 3.32. The number of carbonyl (C=O) groups is 3. The van der Waals surface area contributed by atoms with E-state index < -0.39 is 6.61 Å². The van der Waals surface area contributed by atoms with Crippen molar-refractivity contribution in [3.8, 4) is 0 Å². The molecule has 0 aromatic heterocycles. The molecule has 0 amide bonds. The molecule has 0 atom stereocenters. The van der Waals surface area contributed by atoms with Gasteiger partial charge in [0.25, 0.3) is 0 Å². The molecule has 6 nitrogen and oxygen atoms in total. The lowest BCUT2D eigenvalue weighted by atomic mass is 10.1. The molecular weight excluding hydrogens is 264 g/mol. The van der Waals surface area contributed by atoms with Crippen LogP contribution < -0.4 is 0 Å². The van der Waals surface area contributed by atoms with Gasteiger partial charge in [0.15, 0.2) is 5.78 Å². The monoisotopic (exact) mass is 288 g/mol. The summed E-state index contributed by atoms with van der Waals surface area (Å²) in [5.41, 5.74) is 0. The van der Waals surface area contributed by atoms with Crippen LogP contribution in [0.4, 0.5) is 0 Å². The van der Waals surface area contributed by atoms with E-state index >= 15 is 0 Å². The van der Waals surface area contributed by atoms with Crippen molar-refractivity contribution in [1.82, 2.24) is 0 Å². The number of aliphatic hydroxyl groups excluding tert-OH is 1. The quantitative estimate of drug-likeness (QED) is 0.431. The first-order valence-corrected chi connectivity index (χ1v) is 6.95. The van der Waals surface area contributed by atoms with Crippen LogP contribution in [0.25, 0.3) is 0 Å². The Morgan fingerprint density at radius 3 is 2.10 bits per heavy atom. The molecule has 0 aliphatic heterocycles. The van der Waals surface area contributed by atoms with E-state index in [-0.39, 0.29) is 17.7 Å². The molecule has 0 fully saturated rings. The third-order valence-corrected chi connectivity index (χ3v) is 2.78. The summed E-state index contributed by atoms with van der Waals surface area (Å²) < 4.78 is 9.53. The van der Waals surface area contributed by atoms with Crippen LogP contribution in [0.2, 0.25) is 0 Å². The first kappa shape index (κ1) is 18.6. The van der Waals surface area contributed by atoms with Gasteiger partial charge in [-0.15, -0.1) is 0 Å². The summed E-state index contributed by atoms with van der Waals surface area (Å²) in [6, 6.07) is 0. The summed E-state index contributed by atoms with van der Waals surface area (Å²) in [5.74, 6) is -0.696. The van der Waals surface area contributed by atoms with E-state index in [1.54, 1.807) is 0 Å². The van der Waals surface area contributed by atoms with E-state index in [1.165, 1.54) is 7.11 Å². The second-order valence-corrected chi connectivity index (χ2v) is 4.51. The fourth-order valence-electron chi connectivity index (χ4n) is 1.58. The number of methoxy groups -OCH3 is 1. The molecule has 0 bridgehead atoms. The van der Waals surface area contributed by atoms with Crippen molar-refractivity contribution in [3.63, 3.8) is 0 Å². The lowest BCUT2D eigenvalue weighted by molar-refractivity contribution is -0.144. The second kappa shape index (κ2) is 12.6. The molecule has 0 saturated heterocycles. The van der Waals surface area contributed by atoms with E-state index in [4.69, 9.17) is 9.84 Å². The van der Waals surface area contributed by atoms with Gasteiger partial charge in [-0.3, -0.25) is 14.4 Å². The first-order chi connectivity index (χ1) is 9.60. The molecule has 20 heavy (non-hydrogen) atoms. The lowest BCUT2D eigenvalue weighted by Gasteiger charge is -2.04. The van der Waals surface area contributed by atoms with Crippen LogP contribution in [0.5, 0.6) is 0 Å². The van der Waals surface area contributed by atoms with E-state index in [0.29, 0.717) is 38.7 Å². The highest BCUT2D eigenvalue weighted by Gasteiger charge is 2.05. The van der Waals surface area contributed by atoms with E-state index in [0.717, 1.165) is 19.3 Å². The number of ketones is 1. The average molecular weight is 288 g/mol. The average Bonchev–Trinajstić information content (AvgIpc) is 2.46. The number of unbranched alkanes of at least 4 members (excludes halogenated alkanes) is 3. The molecule has 0 aliphatic rings. The predicted molar refractivity (Wildman–Crippen MR) is 72.0 cm³/mol. The van der Waals surface area contributed by atoms with Gasteiger partial charge >= 0.3 is 11.9 Å². The topological polar surface area (TPSA) is 89.9 Å². The molecule has 0 aliphatic carbocycles. The highest BCUT2D eigenvalue weighted by molar-refractivity contribution is 5.79. The highest BCUT2D eigenvalue weighted by Crippen LogP contribution is 2.04. The number of aliphatic hydroxyl groups is 1. The third kappa shape index (κ3) is 11.6. The molecule has 0 aromatic rings. The lowest BCUT2D eigenvalue weighted by Crippen LogP contribution is -2.07. The van der Waals surface area contributed by atoms with Crippen molar-refractivity contribution in [2.45, 2.75) is 51.4 Å². The minimum absolute atomic E-state index is 0.205. The molecule has 0 unspecified atom stereocenters. The normalized spacial score (nSPS) is 10.1. The molecule has 0 rings (SSSR count). The Hall–Kier alpha value is -1.43. The van der Waals surface area contributed by atoms with Crippen molar-refractivity contribution >= 4 is 17.7 Å². The summed E-state index contributed by atoms with van der Waals surface area (Å²) in [6.07, 6.45) is 4.44. The number of ether oxygens (including phenoxy) is 2. The molecular formula is C14H24O6. The number of hydrogen-bond acceptors (Lipinski definition) is 6. The fourth-order valence-corrected chi connectivity index (χ4v) is 1.58. The molecule has 6 heteroatoms. The second-order valence-electron chi connectivity index (χ2n) is 4.51. The minimum Gasteiger partial charge on any atom is -0.469 e. The van der Waals surface area contributed by atoms with Gasteiger partial charge in [-0.2, -0.15) is 0 Å². The van der Waals surface area contributed by atoms with Gasteiger partial charge in [-0.05, 0) is 32.1 Å². The Kier molecular flexibility index (Phi) is 11.7. The Labute approximate surface area is 119 Å². The van der Waals surface area contributed by atoms with Gasteiger partial charge in [0.1, 0.15) is 6.61 Å². The van der Waals surface area contributed by atoms with Crippen molar-refractivity contribution in [3.05, 3.63) is 0 Å². The van der Waals surface area contributed by atoms with Gasteiger partial charge in [0.2, 0.25) is 0 Å². The maximum Gasteiger partial charge on any atom is 0.305 e. The highest BCUT2D eigenvalue weighted by atomic mass is 16.5. The molecule has 0 radical (unpaired) electrons. The van der Waals surface area contributed by atoms with E-state index in [1.807, 2.05) is 0 Å². The van der Waals surface area contributed by atoms with Crippen molar-refractivity contribution in [2.24, 2.45) is 0 Å². The number of rotatable bonds is 12. The van der Waals surface area contributed by atoms with Gasteiger partial charge < -0.3 is 14.6 Å². The van der Waals surface area contributed by atoms with Crippen molar-refractivity contribution < 1.29 is 29.0 Å². The van der Waals surface area contributed by atoms with Crippen LogP contribution in [0.15, 0.2) is 0 Å². The van der Waals surface area contributed by atoms with Gasteiger partial charge in [0, 0.05) is 19.3 Å². The predicted octanol–water partition coefficient (Wildman–Crippen LogP) is 1.38. The zero-order chi connectivity index (χ0) is 15.2. The molecule has 0 heterocycles. The number of Topliss-reactive ketones (excluding diaryl/α,β-unsaturated/α-hetero) is 1. The zero-order valence-corrected chi connectivity index (χ0v) is 12.1. The molecule has 0 saturated carbocycles. The van der Waals surface area contributed by atoms with Crippen LogP contribution in [-0.2, 0) is 23.9 Å². The van der Waals surface area contributed by atoms with Crippen LogP contribution in [0.3, 0.4) is 0 Å². The van der Waals surface area contributed by atoms with Crippen LogP contribution in [0.1, 0.15) is 51.4 Å². The summed E-state index contributed by atoms with van der Waals surface area (Å²) >= 11 is 0. The third-order valence-electron chi connectivity index (χ3n) is 2.78. The zero-order valence-electron chi connectivity index (χ0n) is 12.1. The van der Waals surface area contributed by atoms with Gasteiger partial charge in [0.05, 0.1) is 13.7 Å². The Morgan fingerprint density at radius 1 is 0.850 bits per heavy atom. The van der Waals surface area contributed by atoms with Crippen LogP contribution >= 0.6 is 0 Å². The van der Waals surface area contributed by atoms with Gasteiger partial charge in [-0.25, -0.2) is 0 Å². The number of carbonyl (C=O) groups excluding carboxylic acids is 3. The largest absolute Gasteiger partial charge is 0.469 e. The summed E-state index contributed by atoms with van der Waals surface area (Å²) in [7, 11) is 1.36. The van der Waals surface area contributed by atoms with E-state index in [9.17, 15) is 14.4 Å². The molecule has 0 spiro atoms. The minimum atomic E-state index is -0.435. The standard InChI is InChI=1S/C14H24O6/c1-19-13(17)8-3-2-6-10-20-14(18)9-5-4-7-12(16)11-15/h15H,2-11H2,1H3. The van der Waals surface area contributed by atoms with Crippen molar-refractivity contribution in [1.29, 1.82) is 0 Å². The number of esters is 2. The summed E-state index contributed by atoms with van der Waals surface area (Å²) in [4.78, 5) is 32.9. The van der Waals surface area contributed by atoms with Gasteiger partial charge in [-0.1, -0.05) is 0 Å². The van der Waals surface area contributed by atoms with Crippen molar-refractivity contribution in [2.75, 3.05) is 20.3 Å². The SMILES string of the molecule is COC(=O)CCCCCOC(=O)CCCCC(=O)CO. The smallest absolute Gasteiger partial charge is 0.305 e. The molecule has 1 N–H and O–H groups in total. The fraction of sp³-hybridized carbons (Fsp3) is 0.786. The van der Waals surface area contributed by atoms with Crippen LogP contribution in [-0.4, -0.2) is 43.2 Å². The molecule has 0 aromatic carbocycles. The maximum atomic E-state index is 11.3. The summed E-state index contributed by atoms with van der Waals surface area (Å²) in [6.45, 7) is -0.0778. The van der Waals surface area contributed by atoms with Crippen LogP contribution in [0, 0.1) is 0 Å². The molecule has 116 valence electrons.